The number of nitrogens with one attached hydrogen (secondary N) is 1. The van der Waals surface area contributed by atoms with E-state index in [-0.39, 0.29) is 17.2 Å². The molecule has 24 heavy (non-hydrogen) atoms. The highest BCUT2D eigenvalue weighted by molar-refractivity contribution is 7.09. The average Bonchev–Trinajstić information content (AvgIpc) is 3.10. The largest absolute Gasteiger partial charge is 0.339 e. The van der Waals surface area contributed by atoms with Crippen LogP contribution in [0.2, 0.25) is 0 Å². The quantitative estimate of drug-likeness (QED) is 0.929. The normalized spacial score (nSPS) is 16.7. The van der Waals surface area contributed by atoms with Gasteiger partial charge in [0, 0.05) is 48.8 Å². The zero-order valence-electron chi connectivity index (χ0n) is 13.8. The van der Waals surface area contributed by atoms with E-state index in [1.54, 1.807) is 29.7 Å². The zero-order valence-corrected chi connectivity index (χ0v) is 14.6. The molecular formula is C17H20N4O2S. The maximum Gasteiger partial charge on any atom is 0.254 e. The van der Waals surface area contributed by atoms with Crippen LogP contribution < -0.4 is 5.32 Å². The number of carbonyl (C=O) groups is 2. The zero-order chi connectivity index (χ0) is 17.2. The Hall–Kier alpha value is -2.28. The summed E-state index contributed by atoms with van der Waals surface area (Å²) >= 11 is 1.68. The third-order valence-electron chi connectivity index (χ3n) is 4.41. The molecule has 0 radical (unpaired) electrons. The van der Waals surface area contributed by atoms with Crippen molar-refractivity contribution in [2.45, 2.75) is 32.1 Å². The molecule has 2 aromatic heterocycles. The number of likely N-dealkylation sites (tertiary alicyclic amines) is 1. The van der Waals surface area contributed by atoms with Crippen molar-refractivity contribution in [3.8, 4) is 0 Å². The number of amides is 2. The average molecular weight is 344 g/mol. The second-order valence-corrected chi connectivity index (χ2v) is 7.20. The summed E-state index contributed by atoms with van der Waals surface area (Å²) in [5.74, 6) is 0.174. The third kappa shape index (κ3) is 3.46. The molecule has 0 unspecified atom stereocenters. The number of rotatable bonds is 3. The van der Waals surface area contributed by atoms with Gasteiger partial charge in [-0.15, -0.1) is 11.3 Å². The molecule has 3 heterocycles. The summed E-state index contributed by atoms with van der Waals surface area (Å²) in [6, 6.07) is 3.31. The highest BCUT2D eigenvalue weighted by Gasteiger charge is 2.35. The van der Waals surface area contributed by atoms with E-state index in [0.29, 0.717) is 24.5 Å². The van der Waals surface area contributed by atoms with E-state index in [2.05, 4.69) is 22.2 Å². The van der Waals surface area contributed by atoms with Gasteiger partial charge in [-0.3, -0.25) is 9.59 Å². The minimum absolute atomic E-state index is 0.0230. The lowest BCUT2D eigenvalue weighted by Gasteiger charge is -2.38. The van der Waals surface area contributed by atoms with Crippen LogP contribution >= 0.6 is 11.3 Å². The molecule has 126 valence electrons. The van der Waals surface area contributed by atoms with Crippen LogP contribution in [0.5, 0.6) is 0 Å². The fourth-order valence-corrected chi connectivity index (χ4v) is 3.79. The summed E-state index contributed by atoms with van der Waals surface area (Å²) in [7, 11) is 0. The Morgan fingerprint density at radius 3 is 2.62 bits per heavy atom. The van der Waals surface area contributed by atoms with Gasteiger partial charge in [-0.05, 0) is 25.0 Å². The molecule has 1 aliphatic heterocycles. The van der Waals surface area contributed by atoms with Gasteiger partial charge < -0.3 is 10.2 Å². The second kappa shape index (κ2) is 6.68. The molecule has 1 aliphatic rings. The summed E-state index contributed by atoms with van der Waals surface area (Å²) in [6.45, 7) is 5.04. The molecule has 0 aliphatic carbocycles. The molecule has 0 bridgehead atoms. The summed E-state index contributed by atoms with van der Waals surface area (Å²) < 4.78 is 0. The maximum absolute atomic E-state index is 12.7. The fraction of sp³-hybridized carbons (Fsp3) is 0.412. The Labute approximate surface area is 144 Å². The first-order valence-corrected chi connectivity index (χ1v) is 8.79. The monoisotopic (exact) mass is 344 g/mol. The standard InChI is InChI=1S/C17H20N4O2S/c1-12(22)20-14-11-13(3-6-18-14)15(23)21-8-4-17(2,5-9-21)16-19-7-10-24-16/h3,6-7,10-11H,4-5,8-9H2,1-2H3,(H,18,20,22). The molecular weight excluding hydrogens is 324 g/mol. The number of hydrogen-bond donors (Lipinski definition) is 1. The first-order chi connectivity index (χ1) is 11.5. The van der Waals surface area contributed by atoms with Crippen LogP contribution in [0, 0.1) is 0 Å². The smallest absolute Gasteiger partial charge is 0.254 e. The van der Waals surface area contributed by atoms with Crippen molar-refractivity contribution in [3.05, 3.63) is 40.5 Å². The minimum Gasteiger partial charge on any atom is -0.339 e. The van der Waals surface area contributed by atoms with Crippen LogP contribution in [-0.4, -0.2) is 39.8 Å². The van der Waals surface area contributed by atoms with Crippen molar-refractivity contribution in [2.24, 2.45) is 0 Å². The number of anilines is 1. The van der Waals surface area contributed by atoms with Gasteiger partial charge in [0.1, 0.15) is 5.82 Å². The van der Waals surface area contributed by atoms with Gasteiger partial charge in [0.15, 0.2) is 0 Å². The van der Waals surface area contributed by atoms with E-state index in [9.17, 15) is 9.59 Å². The van der Waals surface area contributed by atoms with Gasteiger partial charge in [-0.1, -0.05) is 6.92 Å². The van der Waals surface area contributed by atoms with Crippen LogP contribution in [0.3, 0.4) is 0 Å². The number of aromatic nitrogens is 2. The van der Waals surface area contributed by atoms with Gasteiger partial charge in [0.25, 0.3) is 5.91 Å². The van der Waals surface area contributed by atoms with Crippen LogP contribution in [0.25, 0.3) is 0 Å². The number of hydrogen-bond acceptors (Lipinski definition) is 5. The Morgan fingerprint density at radius 2 is 2.00 bits per heavy atom. The highest BCUT2D eigenvalue weighted by Crippen LogP contribution is 2.36. The third-order valence-corrected chi connectivity index (χ3v) is 5.49. The lowest BCUT2D eigenvalue weighted by atomic mass is 9.81. The van der Waals surface area contributed by atoms with Gasteiger partial charge >= 0.3 is 0 Å². The lowest BCUT2D eigenvalue weighted by Crippen LogP contribution is -2.43. The molecule has 1 fully saturated rings. The minimum atomic E-state index is -0.204. The molecule has 0 saturated carbocycles. The van der Waals surface area contributed by atoms with Crippen molar-refractivity contribution < 1.29 is 9.59 Å². The van der Waals surface area contributed by atoms with Crippen molar-refractivity contribution >= 4 is 29.0 Å². The summed E-state index contributed by atoms with van der Waals surface area (Å²) in [4.78, 5) is 34.2. The topological polar surface area (TPSA) is 75.2 Å². The number of thiazole rings is 1. The van der Waals surface area contributed by atoms with Crippen LogP contribution in [-0.2, 0) is 10.2 Å². The molecule has 1 N–H and O–H groups in total. The van der Waals surface area contributed by atoms with E-state index in [1.165, 1.54) is 6.92 Å². The molecule has 3 rings (SSSR count). The Morgan fingerprint density at radius 1 is 1.25 bits per heavy atom. The molecule has 0 atom stereocenters. The predicted octanol–water partition coefficient (Wildman–Crippen LogP) is 2.69. The molecule has 2 aromatic rings. The molecule has 0 spiro atoms. The van der Waals surface area contributed by atoms with Gasteiger partial charge in [-0.2, -0.15) is 0 Å². The van der Waals surface area contributed by atoms with Crippen molar-refractivity contribution in [3.63, 3.8) is 0 Å². The second-order valence-electron chi connectivity index (χ2n) is 6.30. The molecule has 1 saturated heterocycles. The molecule has 6 nitrogen and oxygen atoms in total. The Bertz CT molecular complexity index is 737. The van der Waals surface area contributed by atoms with E-state index >= 15 is 0 Å². The number of pyridine rings is 1. The predicted molar refractivity (Wildman–Crippen MR) is 93.1 cm³/mol. The molecule has 0 aromatic carbocycles. The van der Waals surface area contributed by atoms with E-state index < -0.39 is 0 Å². The SMILES string of the molecule is CC(=O)Nc1cc(C(=O)N2CCC(C)(c3nccs3)CC2)ccn1. The summed E-state index contributed by atoms with van der Waals surface area (Å²) in [5, 5.41) is 5.75. The van der Waals surface area contributed by atoms with Gasteiger partial charge in [0.05, 0.1) is 5.01 Å². The maximum atomic E-state index is 12.7. The highest BCUT2D eigenvalue weighted by atomic mass is 32.1. The van der Waals surface area contributed by atoms with E-state index in [1.807, 2.05) is 16.5 Å². The summed E-state index contributed by atoms with van der Waals surface area (Å²) in [5.41, 5.74) is 0.594. The fourth-order valence-electron chi connectivity index (χ4n) is 2.93. The molecule has 7 heteroatoms. The van der Waals surface area contributed by atoms with Crippen molar-refractivity contribution in [1.29, 1.82) is 0 Å². The van der Waals surface area contributed by atoms with Crippen LogP contribution in [0.15, 0.2) is 29.9 Å². The first-order valence-electron chi connectivity index (χ1n) is 7.91. The van der Waals surface area contributed by atoms with E-state index in [4.69, 9.17) is 0 Å². The Kier molecular flexibility index (Phi) is 4.62. The first kappa shape index (κ1) is 16.6. The lowest BCUT2D eigenvalue weighted by molar-refractivity contribution is -0.114. The summed E-state index contributed by atoms with van der Waals surface area (Å²) in [6.07, 6.45) is 5.18. The number of nitrogens with zero attached hydrogens (tertiary/aromatic N) is 3. The van der Waals surface area contributed by atoms with Gasteiger partial charge in [-0.25, -0.2) is 9.97 Å². The Balaban J connectivity index is 1.68. The number of carbonyl (C=O) groups excluding carboxylic acids is 2. The van der Waals surface area contributed by atoms with Crippen molar-refractivity contribution in [2.75, 3.05) is 18.4 Å². The van der Waals surface area contributed by atoms with Crippen LogP contribution in [0.1, 0.15) is 42.1 Å². The number of piperidine rings is 1. The van der Waals surface area contributed by atoms with Gasteiger partial charge in [0.2, 0.25) is 5.91 Å². The molecule has 2 amide bonds. The van der Waals surface area contributed by atoms with E-state index in [0.717, 1.165) is 17.8 Å². The van der Waals surface area contributed by atoms with Crippen LogP contribution in [0.4, 0.5) is 5.82 Å². The van der Waals surface area contributed by atoms with Crippen molar-refractivity contribution in [1.82, 2.24) is 14.9 Å².